The van der Waals surface area contributed by atoms with Crippen LogP contribution in [0.15, 0.2) is 59.8 Å². The van der Waals surface area contributed by atoms with E-state index in [0.29, 0.717) is 18.1 Å². The smallest absolute Gasteiger partial charge is 0.247 e. The maximum atomic E-state index is 11.3. The Kier molecular flexibility index (Phi) is 4.05. The van der Waals surface area contributed by atoms with Gasteiger partial charge in [-0.05, 0) is 43.3 Å². The van der Waals surface area contributed by atoms with Crippen molar-refractivity contribution in [1.82, 2.24) is 14.8 Å². The molecule has 1 aromatic carbocycles. The van der Waals surface area contributed by atoms with Crippen LogP contribution in [0.3, 0.4) is 0 Å². The third-order valence-electron chi connectivity index (χ3n) is 3.35. The maximum absolute atomic E-state index is 11.3. The minimum absolute atomic E-state index is 0.244. The summed E-state index contributed by atoms with van der Waals surface area (Å²) in [6.45, 7) is 5.87. The van der Waals surface area contributed by atoms with Crippen molar-refractivity contribution in [2.24, 2.45) is 0 Å². The van der Waals surface area contributed by atoms with Gasteiger partial charge in [0.15, 0.2) is 0 Å². The summed E-state index contributed by atoms with van der Waals surface area (Å²) >= 11 is 0. The number of nitrogens with one attached hydrogen (secondary N) is 1. The lowest BCUT2D eigenvalue weighted by Gasteiger charge is -2.02. The molecule has 0 bridgehead atoms. The molecule has 116 valence electrons. The second-order valence-electron chi connectivity index (χ2n) is 5.00. The monoisotopic (exact) mass is 308 g/mol. The van der Waals surface area contributed by atoms with Gasteiger partial charge in [-0.3, -0.25) is 9.48 Å². The fourth-order valence-corrected chi connectivity index (χ4v) is 2.14. The van der Waals surface area contributed by atoms with Gasteiger partial charge in [-0.15, -0.1) is 0 Å². The highest BCUT2D eigenvalue weighted by Gasteiger charge is 2.12. The summed E-state index contributed by atoms with van der Waals surface area (Å²) in [5, 5.41) is 6.87. The molecule has 0 fully saturated rings. The number of aryl methyl sites for hydroxylation is 1. The van der Waals surface area contributed by atoms with E-state index in [9.17, 15) is 4.79 Å². The number of amides is 1. The highest BCUT2D eigenvalue weighted by atomic mass is 16.4. The Morgan fingerprint density at radius 3 is 2.83 bits per heavy atom. The molecule has 0 saturated heterocycles. The molecule has 0 spiro atoms. The van der Waals surface area contributed by atoms with Crippen LogP contribution in [-0.4, -0.2) is 20.7 Å². The summed E-state index contributed by atoms with van der Waals surface area (Å²) in [5.41, 5.74) is 2.38. The van der Waals surface area contributed by atoms with E-state index in [-0.39, 0.29) is 5.91 Å². The normalized spacial score (nSPS) is 10.5. The number of oxazole rings is 1. The van der Waals surface area contributed by atoms with Gasteiger partial charge in [0.25, 0.3) is 0 Å². The topological polar surface area (TPSA) is 73.0 Å². The van der Waals surface area contributed by atoms with Gasteiger partial charge < -0.3 is 9.73 Å². The van der Waals surface area contributed by atoms with Crippen LogP contribution < -0.4 is 5.32 Å². The molecular weight excluding hydrogens is 292 g/mol. The van der Waals surface area contributed by atoms with Crippen molar-refractivity contribution in [3.8, 4) is 11.5 Å². The number of nitrogens with zero attached hydrogens (tertiary/aromatic N) is 3. The number of carbonyl (C=O) groups is 1. The Hall–Kier alpha value is -3.15. The van der Waals surface area contributed by atoms with Crippen LogP contribution in [-0.2, 0) is 11.3 Å². The average molecular weight is 308 g/mol. The number of benzene rings is 1. The quantitative estimate of drug-likeness (QED) is 0.735. The molecule has 0 unspecified atom stereocenters. The molecule has 3 aromatic rings. The second-order valence-corrected chi connectivity index (χ2v) is 5.00. The van der Waals surface area contributed by atoms with E-state index >= 15 is 0 Å². The van der Waals surface area contributed by atoms with E-state index in [1.54, 1.807) is 23.0 Å². The van der Waals surface area contributed by atoms with Crippen molar-refractivity contribution in [2.75, 3.05) is 5.32 Å². The van der Waals surface area contributed by atoms with Crippen molar-refractivity contribution < 1.29 is 9.21 Å². The molecule has 1 amide bonds. The molecule has 2 heterocycles. The Labute approximate surface area is 133 Å². The molecule has 6 heteroatoms. The summed E-state index contributed by atoms with van der Waals surface area (Å²) < 4.78 is 7.53. The first-order valence-electron chi connectivity index (χ1n) is 7.13. The number of rotatable bonds is 5. The van der Waals surface area contributed by atoms with Crippen LogP contribution in [0.25, 0.3) is 11.5 Å². The van der Waals surface area contributed by atoms with E-state index in [2.05, 4.69) is 22.0 Å². The van der Waals surface area contributed by atoms with Crippen LogP contribution >= 0.6 is 0 Å². The number of anilines is 1. The molecule has 0 aliphatic heterocycles. The van der Waals surface area contributed by atoms with Crippen molar-refractivity contribution in [3.05, 3.63) is 66.8 Å². The fourth-order valence-electron chi connectivity index (χ4n) is 2.14. The molecule has 0 saturated carbocycles. The van der Waals surface area contributed by atoms with Gasteiger partial charge in [-0.1, -0.05) is 6.58 Å². The fraction of sp³-hybridized carbons (Fsp3) is 0.118. The summed E-state index contributed by atoms with van der Waals surface area (Å²) in [7, 11) is 0. The lowest BCUT2D eigenvalue weighted by molar-refractivity contribution is -0.111. The van der Waals surface area contributed by atoms with E-state index in [4.69, 9.17) is 4.42 Å². The highest BCUT2D eigenvalue weighted by Crippen LogP contribution is 2.23. The van der Waals surface area contributed by atoms with Gasteiger partial charge in [0, 0.05) is 23.6 Å². The predicted octanol–water partition coefficient (Wildman–Crippen LogP) is 3.02. The molecule has 0 aliphatic carbocycles. The zero-order valence-corrected chi connectivity index (χ0v) is 12.7. The number of aromatic nitrogens is 3. The van der Waals surface area contributed by atoms with Crippen LogP contribution in [0.5, 0.6) is 0 Å². The molecule has 0 atom stereocenters. The summed E-state index contributed by atoms with van der Waals surface area (Å²) in [4.78, 5) is 15.8. The first kappa shape index (κ1) is 14.8. The first-order valence-corrected chi connectivity index (χ1v) is 7.13. The Morgan fingerprint density at radius 1 is 1.39 bits per heavy atom. The van der Waals surface area contributed by atoms with Crippen LogP contribution in [0.2, 0.25) is 0 Å². The van der Waals surface area contributed by atoms with Gasteiger partial charge in [-0.25, -0.2) is 4.98 Å². The predicted molar refractivity (Wildman–Crippen MR) is 86.8 cm³/mol. The Balaban J connectivity index is 1.79. The van der Waals surface area contributed by atoms with Crippen LogP contribution in [0.4, 0.5) is 5.69 Å². The van der Waals surface area contributed by atoms with Crippen LogP contribution in [0, 0.1) is 6.92 Å². The molecule has 0 aliphatic rings. The van der Waals surface area contributed by atoms with Gasteiger partial charge in [0.05, 0.1) is 6.54 Å². The largest absolute Gasteiger partial charge is 0.441 e. The first-order chi connectivity index (χ1) is 11.2. The maximum Gasteiger partial charge on any atom is 0.247 e. The van der Waals surface area contributed by atoms with Crippen molar-refractivity contribution >= 4 is 11.6 Å². The minimum Gasteiger partial charge on any atom is -0.441 e. The zero-order valence-electron chi connectivity index (χ0n) is 12.7. The third-order valence-corrected chi connectivity index (χ3v) is 3.35. The third kappa shape index (κ3) is 3.37. The molecule has 23 heavy (non-hydrogen) atoms. The lowest BCUT2D eigenvalue weighted by Crippen LogP contribution is -2.06. The van der Waals surface area contributed by atoms with Crippen molar-refractivity contribution in [3.63, 3.8) is 0 Å². The summed E-state index contributed by atoms with van der Waals surface area (Å²) in [6, 6.07) is 9.16. The van der Waals surface area contributed by atoms with E-state index in [1.165, 1.54) is 6.08 Å². The lowest BCUT2D eigenvalue weighted by atomic mass is 10.2. The van der Waals surface area contributed by atoms with Crippen molar-refractivity contribution in [2.45, 2.75) is 13.5 Å². The zero-order chi connectivity index (χ0) is 16.2. The second kappa shape index (κ2) is 6.31. The van der Waals surface area contributed by atoms with Gasteiger partial charge in [-0.2, -0.15) is 5.10 Å². The van der Waals surface area contributed by atoms with Crippen LogP contribution in [0.1, 0.15) is 11.5 Å². The number of hydrogen-bond donors (Lipinski definition) is 1. The molecular formula is C17H16N4O2. The van der Waals surface area contributed by atoms with E-state index in [1.807, 2.05) is 31.3 Å². The molecule has 3 rings (SSSR count). The number of hydrogen-bond acceptors (Lipinski definition) is 4. The standard InChI is InChI=1S/C17H16N4O2/c1-3-16(22)19-14-7-5-13(6-8-14)17-20-15(12(2)23-17)11-21-10-4-9-18-21/h3-10H,1,11H2,2H3,(H,19,22). The minimum atomic E-state index is -0.244. The van der Waals surface area contributed by atoms with Gasteiger partial charge >= 0.3 is 0 Å². The van der Waals surface area contributed by atoms with E-state index in [0.717, 1.165) is 17.0 Å². The Bertz CT molecular complexity index is 817. The average Bonchev–Trinajstić information content (AvgIpc) is 3.19. The van der Waals surface area contributed by atoms with E-state index < -0.39 is 0 Å². The molecule has 1 N–H and O–H groups in total. The van der Waals surface area contributed by atoms with Gasteiger partial charge in [0.2, 0.25) is 11.8 Å². The SMILES string of the molecule is C=CC(=O)Nc1ccc(-c2nc(Cn3cccn3)c(C)o2)cc1. The summed E-state index contributed by atoms with van der Waals surface area (Å²) in [6.07, 6.45) is 4.84. The number of carbonyl (C=O) groups excluding carboxylic acids is 1. The highest BCUT2D eigenvalue weighted by molar-refractivity contribution is 5.98. The summed E-state index contributed by atoms with van der Waals surface area (Å²) in [5.74, 6) is 1.07. The van der Waals surface area contributed by atoms with Crippen molar-refractivity contribution in [1.29, 1.82) is 0 Å². The van der Waals surface area contributed by atoms with Gasteiger partial charge in [0.1, 0.15) is 11.5 Å². The molecule has 2 aromatic heterocycles. The molecule has 0 radical (unpaired) electrons. The Morgan fingerprint density at radius 2 is 2.17 bits per heavy atom. The molecule has 6 nitrogen and oxygen atoms in total.